The Morgan fingerprint density at radius 1 is 1.20 bits per heavy atom. The van der Waals surface area contributed by atoms with Gasteiger partial charge >= 0.3 is 0 Å². The molecule has 108 valence electrons. The van der Waals surface area contributed by atoms with Crippen molar-refractivity contribution in [3.05, 3.63) is 34.9 Å². The van der Waals surface area contributed by atoms with Crippen LogP contribution in [-0.4, -0.2) is 30.9 Å². The summed E-state index contributed by atoms with van der Waals surface area (Å²) in [6.07, 6.45) is 3.41. The normalized spacial score (nSPS) is 22.1. The van der Waals surface area contributed by atoms with E-state index in [9.17, 15) is 4.79 Å². The molecule has 0 atom stereocenters. The Bertz CT molecular complexity index is 490. The molecule has 5 heteroatoms. The molecule has 0 bridgehead atoms. The predicted molar refractivity (Wildman–Crippen MR) is 75.8 cm³/mol. The molecular formula is C15H18ClNO3. The molecule has 1 N–H and O–H groups in total. The molecule has 1 aromatic rings. The molecular weight excluding hydrogens is 278 g/mol. The van der Waals surface area contributed by atoms with E-state index in [2.05, 4.69) is 5.32 Å². The van der Waals surface area contributed by atoms with E-state index in [-0.39, 0.29) is 17.7 Å². The molecule has 3 rings (SSSR count). The third kappa shape index (κ3) is 2.82. The van der Waals surface area contributed by atoms with Crippen LogP contribution in [0.4, 0.5) is 0 Å². The van der Waals surface area contributed by atoms with E-state index in [1.54, 1.807) is 12.1 Å². The van der Waals surface area contributed by atoms with Crippen molar-refractivity contribution in [3.63, 3.8) is 0 Å². The molecule has 2 fully saturated rings. The molecule has 1 heterocycles. The number of hydrogen-bond acceptors (Lipinski definition) is 3. The van der Waals surface area contributed by atoms with Crippen molar-refractivity contribution in [1.82, 2.24) is 5.32 Å². The van der Waals surface area contributed by atoms with Crippen LogP contribution in [0.15, 0.2) is 24.3 Å². The van der Waals surface area contributed by atoms with Gasteiger partial charge in [-0.05, 0) is 25.0 Å². The second-order valence-electron chi connectivity index (χ2n) is 5.34. The number of nitrogens with one attached hydrogen (secondary N) is 1. The van der Waals surface area contributed by atoms with Gasteiger partial charge in [-0.2, -0.15) is 0 Å². The molecule has 0 radical (unpaired) electrons. The van der Waals surface area contributed by atoms with E-state index in [0.29, 0.717) is 23.8 Å². The van der Waals surface area contributed by atoms with Gasteiger partial charge in [0.15, 0.2) is 5.79 Å². The van der Waals surface area contributed by atoms with Crippen LogP contribution in [0, 0.1) is 0 Å². The van der Waals surface area contributed by atoms with Crippen molar-refractivity contribution in [1.29, 1.82) is 0 Å². The van der Waals surface area contributed by atoms with Gasteiger partial charge in [-0.15, -0.1) is 0 Å². The van der Waals surface area contributed by atoms with Gasteiger partial charge < -0.3 is 14.8 Å². The molecule has 1 saturated carbocycles. The van der Waals surface area contributed by atoms with Crippen LogP contribution in [0.1, 0.15) is 36.0 Å². The number of carbonyl (C=O) groups excluding carboxylic acids is 1. The summed E-state index contributed by atoms with van der Waals surface area (Å²) in [4.78, 5) is 12.2. The number of amides is 1. The lowest BCUT2D eigenvalue weighted by Gasteiger charge is -2.35. The fraction of sp³-hybridized carbons (Fsp3) is 0.533. The summed E-state index contributed by atoms with van der Waals surface area (Å²) < 4.78 is 11.4. The van der Waals surface area contributed by atoms with Crippen LogP contribution in [0.25, 0.3) is 0 Å². The molecule has 20 heavy (non-hydrogen) atoms. The van der Waals surface area contributed by atoms with Crippen LogP contribution >= 0.6 is 11.6 Å². The summed E-state index contributed by atoms with van der Waals surface area (Å²) in [6, 6.07) is 7.27. The average molecular weight is 296 g/mol. The number of hydrogen-bond donors (Lipinski definition) is 1. The molecule has 1 aromatic carbocycles. The minimum Gasteiger partial charge on any atom is -0.349 e. The standard InChI is InChI=1S/C15H18ClNO3/c16-13-4-2-1-3-12(13)14(18)17-11-5-7-15(8-6-11)19-9-10-20-15/h1-4,11H,5-10H2,(H,17,18). The third-order valence-electron chi connectivity index (χ3n) is 4.01. The summed E-state index contributed by atoms with van der Waals surface area (Å²) in [6.45, 7) is 1.35. The minimum absolute atomic E-state index is 0.107. The maximum Gasteiger partial charge on any atom is 0.253 e. The fourth-order valence-electron chi connectivity index (χ4n) is 2.90. The second kappa shape index (κ2) is 5.72. The van der Waals surface area contributed by atoms with Crippen molar-refractivity contribution >= 4 is 17.5 Å². The van der Waals surface area contributed by atoms with Gasteiger partial charge in [0.05, 0.1) is 23.8 Å². The fourth-order valence-corrected chi connectivity index (χ4v) is 3.12. The van der Waals surface area contributed by atoms with Crippen LogP contribution < -0.4 is 5.32 Å². The first kappa shape index (κ1) is 13.9. The lowest BCUT2D eigenvalue weighted by Crippen LogP contribution is -2.44. The lowest BCUT2D eigenvalue weighted by molar-refractivity contribution is -0.179. The summed E-state index contributed by atoms with van der Waals surface area (Å²) in [5.74, 6) is -0.490. The Kier molecular flexibility index (Phi) is 3.96. The first-order valence-electron chi connectivity index (χ1n) is 7.02. The Morgan fingerprint density at radius 2 is 1.85 bits per heavy atom. The van der Waals surface area contributed by atoms with E-state index in [1.165, 1.54) is 0 Å². The molecule has 1 amide bonds. The number of rotatable bonds is 2. The Hall–Kier alpha value is -1.10. The number of carbonyl (C=O) groups is 1. The van der Waals surface area contributed by atoms with Gasteiger partial charge in [-0.25, -0.2) is 0 Å². The highest BCUT2D eigenvalue weighted by atomic mass is 35.5. The quantitative estimate of drug-likeness (QED) is 0.912. The predicted octanol–water partition coefficient (Wildman–Crippen LogP) is 2.76. The zero-order valence-corrected chi connectivity index (χ0v) is 12.0. The van der Waals surface area contributed by atoms with Gasteiger partial charge in [0.2, 0.25) is 0 Å². The Morgan fingerprint density at radius 3 is 2.50 bits per heavy atom. The van der Waals surface area contributed by atoms with Crippen LogP contribution in [0.3, 0.4) is 0 Å². The van der Waals surface area contributed by atoms with Gasteiger partial charge in [0.25, 0.3) is 5.91 Å². The number of ether oxygens (including phenoxy) is 2. The summed E-state index contributed by atoms with van der Waals surface area (Å²) in [5, 5.41) is 3.53. The van der Waals surface area contributed by atoms with Crippen molar-refractivity contribution in [3.8, 4) is 0 Å². The highest BCUT2D eigenvalue weighted by Crippen LogP contribution is 2.35. The SMILES string of the molecule is O=C(NC1CCC2(CC1)OCCO2)c1ccccc1Cl. The van der Waals surface area contributed by atoms with E-state index in [1.807, 2.05) is 12.1 Å². The van der Waals surface area contributed by atoms with Gasteiger partial charge in [0.1, 0.15) is 0 Å². The first-order valence-corrected chi connectivity index (χ1v) is 7.40. The van der Waals surface area contributed by atoms with Crippen molar-refractivity contribution in [2.45, 2.75) is 37.5 Å². The largest absolute Gasteiger partial charge is 0.349 e. The van der Waals surface area contributed by atoms with Crippen molar-refractivity contribution < 1.29 is 14.3 Å². The van der Waals surface area contributed by atoms with E-state index in [0.717, 1.165) is 25.7 Å². The zero-order valence-electron chi connectivity index (χ0n) is 11.2. The smallest absolute Gasteiger partial charge is 0.253 e. The van der Waals surface area contributed by atoms with Gasteiger partial charge in [0, 0.05) is 18.9 Å². The Labute approximate surface area is 123 Å². The second-order valence-corrected chi connectivity index (χ2v) is 5.74. The average Bonchev–Trinajstić information content (AvgIpc) is 2.90. The van der Waals surface area contributed by atoms with E-state index < -0.39 is 0 Å². The number of halogens is 1. The summed E-state index contributed by atoms with van der Waals surface area (Å²) in [7, 11) is 0. The molecule has 2 aliphatic rings. The first-order chi connectivity index (χ1) is 9.69. The summed E-state index contributed by atoms with van der Waals surface area (Å²) >= 11 is 6.03. The maximum absolute atomic E-state index is 12.2. The Balaban J connectivity index is 1.57. The van der Waals surface area contributed by atoms with Gasteiger partial charge in [-0.1, -0.05) is 23.7 Å². The monoisotopic (exact) mass is 295 g/mol. The molecule has 4 nitrogen and oxygen atoms in total. The molecule has 1 saturated heterocycles. The minimum atomic E-state index is -0.383. The van der Waals surface area contributed by atoms with Crippen LogP contribution in [0.5, 0.6) is 0 Å². The molecule has 1 aliphatic heterocycles. The summed E-state index contributed by atoms with van der Waals surface area (Å²) in [5.41, 5.74) is 0.530. The molecule has 0 aromatic heterocycles. The maximum atomic E-state index is 12.2. The topological polar surface area (TPSA) is 47.6 Å². The highest BCUT2D eigenvalue weighted by molar-refractivity contribution is 6.33. The van der Waals surface area contributed by atoms with E-state index >= 15 is 0 Å². The molecule has 1 spiro atoms. The van der Waals surface area contributed by atoms with Crippen LogP contribution in [-0.2, 0) is 9.47 Å². The van der Waals surface area contributed by atoms with Gasteiger partial charge in [-0.3, -0.25) is 4.79 Å². The highest BCUT2D eigenvalue weighted by Gasteiger charge is 2.40. The third-order valence-corrected chi connectivity index (χ3v) is 4.34. The van der Waals surface area contributed by atoms with Crippen LogP contribution in [0.2, 0.25) is 5.02 Å². The lowest BCUT2D eigenvalue weighted by atomic mass is 9.90. The number of benzene rings is 1. The van der Waals surface area contributed by atoms with E-state index in [4.69, 9.17) is 21.1 Å². The zero-order chi connectivity index (χ0) is 14.0. The molecule has 1 aliphatic carbocycles. The van der Waals surface area contributed by atoms with Crippen molar-refractivity contribution in [2.75, 3.05) is 13.2 Å². The molecule has 0 unspecified atom stereocenters. The van der Waals surface area contributed by atoms with Crippen molar-refractivity contribution in [2.24, 2.45) is 0 Å².